The van der Waals surface area contributed by atoms with Crippen LogP contribution in [0, 0.1) is 17.8 Å². The second kappa shape index (κ2) is 10.2. The molecule has 4 heterocycles. The maximum atomic E-state index is 14.2. The molecule has 2 aromatic heterocycles. The van der Waals surface area contributed by atoms with Gasteiger partial charge in [-0.05, 0) is 62.1 Å². The summed E-state index contributed by atoms with van der Waals surface area (Å²) in [6.07, 6.45) is 5.31. The van der Waals surface area contributed by atoms with E-state index in [1.807, 2.05) is 4.90 Å². The molecule has 0 spiro atoms. The van der Waals surface area contributed by atoms with Crippen molar-refractivity contribution in [3.8, 4) is 0 Å². The van der Waals surface area contributed by atoms with Gasteiger partial charge < -0.3 is 0 Å². The molecule has 4 fully saturated rings. The zero-order valence-corrected chi connectivity index (χ0v) is 21.9. The van der Waals surface area contributed by atoms with E-state index in [-0.39, 0.29) is 30.8 Å². The minimum absolute atomic E-state index is 0.102. The monoisotopic (exact) mass is 538 g/mol. The molecule has 0 radical (unpaired) electrons. The quantitative estimate of drug-likeness (QED) is 0.542. The van der Waals surface area contributed by atoms with Crippen molar-refractivity contribution >= 4 is 5.52 Å². The van der Waals surface area contributed by atoms with E-state index in [2.05, 4.69) is 22.8 Å². The number of likely N-dealkylation sites (tertiary alicyclic amines) is 1. The van der Waals surface area contributed by atoms with E-state index in [4.69, 9.17) is 0 Å². The standard InChI is InChI=1S/C27H38F4N6O/c1-34-16-32-33-25(34)24(18-4-2-5-18)19-6-3-7-21(11-19)36-15-23-22(27(29,30)31)10-17(13-37(23)26(36)38)12-35-9-8-20(28)14-35/h10,13,15,18-21,24-25,32-33H,2-9,11-12,14,16H2,1H3/t19?,20-,21?,24+,25?/m0/s1. The lowest BCUT2D eigenvalue weighted by Crippen LogP contribution is -2.50. The minimum atomic E-state index is -4.59. The van der Waals surface area contributed by atoms with Gasteiger partial charge in [-0.3, -0.25) is 18.8 Å². The molecule has 2 saturated carbocycles. The molecule has 0 bridgehead atoms. The Morgan fingerprint density at radius 1 is 1.08 bits per heavy atom. The Kier molecular flexibility index (Phi) is 7.07. The van der Waals surface area contributed by atoms with E-state index >= 15 is 0 Å². The van der Waals surface area contributed by atoms with Gasteiger partial charge in [-0.1, -0.05) is 25.7 Å². The Labute approximate surface area is 220 Å². The van der Waals surface area contributed by atoms with Gasteiger partial charge >= 0.3 is 11.9 Å². The molecule has 4 aliphatic rings. The number of nitrogens with one attached hydrogen (secondary N) is 2. The highest BCUT2D eigenvalue weighted by Gasteiger charge is 2.44. The summed E-state index contributed by atoms with van der Waals surface area (Å²) in [6, 6.07) is 1.01. The van der Waals surface area contributed by atoms with Gasteiger partial charge in [-0.15, -0.1) is 0 Å². The summed E-state index contributed by atoms with van der Waals surface area (Å²) in [5.74, 6) is 1.48. The Hall–Kier alpha value is -1.95. The van der Waals surface area contributed by atoms with E-state index in [9.17, 15) is 22.4 Å². The average Bonchev–Trinajstić information content (AvgIpc) is 3.54. The summed E-state index contributed by atoms with van der Waals surface area (Å²) in [6.45, 7) is 1.69. The molecule has 2 N–H and O–H groups in total. The zero-order chi connectivity index (χ0) is 26.6. The molecular weight excluding hydrogens is 500 g/mol. The van der Waals surface area contributed by atoms with Crippen molar-refractivity contribution in [3.05, 3.63) is 40.1 Å². The third kappa shape index (κ3) is 4.91. The largest absolute Gasteiger partial charge is 0.418 e. The summed E-state index contributed by atoms with van der Waals surface area (Å²) in [5.41, 5.74) is 5.77. The van der Waals surface area contributed by atoms with Crippen LogP contribution in [0.15, 0.2) is 23.3 Å². The Morgan fingerprint density at radius 2 is 1.84 bits per heavy atom. The maximum Gasteiger partial charge on any atom is 0.418 e. The van der Waals surface area contributed by atoms with Crippen LogP contribution in [0.5, 0.6) is 0 Å². The van der Waals surface area contributed by atoms with E-state index in [0.29, 0.717) is 36.3 Å². The number of hydrogen-bond donors (Lipinski definition) is 2. The molecule has 0 amide bonds. The molecule has 2 aliphatic carbocycles. The van der Waals surface area contributed by atoms with Crippen molar-refractivity contribution in [2.24, 2.45) is 17.8 Å². The number of hydrazine groups is 1. The SMILES string of the molecule is CN1CNNC1[C@H](C1CCC1)C1CCCC(n2cc3c(C(F)(F)F)cc(CN4CC[C@H](F)C4)cn3c2=O)C1. The van der Waals surface area contributed by atoms with E-state index < -0.39 is 23.6 Å². The Balaban J connectivity index is 1.31. The fourth-order valence-corrected chi connectivity index (χ4v) is 7.43. The number of imidazole rings is 1. The van der Waals surface area contributed by atoms with Crippen LogP contribution < -0.4 is 16.5 Å². The fraction of sp³-hybridized carbons (Fsp3) is 0.741. The zero-order valence-electron chi connectivity index (χ0n) is 21.9. The lowest BCUT2D eigenvalue weighted by atomic mass is 9.65. The number of alkyl halides is 4. The molecule has 7 nitrogen and oxygen atoms in total. The average molecular weight is 539 g/mol. The molecule has 2 aromatic rings. The number of halogens is 4. The number of aromatic nitrogens is 2. The van der Waals surface area contributed by atoms with Crippen molar-refractivity contribution in [2.75, 3.05) is 26.8 Å². The second-order valence-electron chi connectivity index (χ2n) is 12.0. The number of fused-ring (bicyclic) bond motifs is 1. The number of hydrogen-bond acceptors (Lipinski definition) is 5. The first-order valence-electron chi connectivity index (χ1n) is 14.1. The Bertz CT molecular complexity index is 1210. The summed E-state index contributed by atoms with van der Waals surface area (Å²) >= 11 is 0. The van der Waals surface area contributed by atoms with Crippen molar-refractivity contribution in [1.29, 1.82) is 0 Å². The van der Waals surface area contributed by atoms with Crippen LogP contribution in [-0.2, 0) is 12.7 Å². The van der Waals surface area contributed by atoms with Crippen LogP contribution in [0.2, 0.25) is 0 Å². The van der Waals surface area contributed by atoms with Crippen molar-refractivity contribution < 1.29 is 17.6 Å². The maximum absolute atomic E-state index is 14.2. The van der Waals surface area contributed by atoms with Gasteiger partial charge in [0.15, 0.2) is 0 Å². The van der Waals surface area contributed by atoms with Gasteiger partial charge in [0.05, 0.1) is 23.9 Å². The van der Waals surface area contributed by atoms with Crippen LogP contribution in [0.3, 0.4) is 0 Å². The van der Waals surface area contributed by atoms with Crippen molar-refractivity contribution in [3.63, 3.8) is 0 Å². The normalized spacial score (nSPS) is 30.8. The first-order valence-corrected chi connectivity index (χ1v) is 14.1. The Morgan fingerprint density at radius 3 is 2.47 bits per heavy atom. The molecule has 2 saturated heterocycles. The van der Waals surface area contributed by atoms with E-state index in [1.54, 1.807) is 4.57 Å². The lowest BCUT2D eigenvalue weighted by Gasteiger charge is -2.46. The molecule has 210 valence electrons. The van der Waals surface area contributed by atoms with E-state index in [1.165, 1.54) is 36.1 Å². The summed E-state index contributed by atoms with van der Waals surface area (Å²) in [7, 11) is 2.11. The molecule has 6 rings (SSSR count). The minimum Gasteiger partial charge on any atom is -0.296 e. The predicted octanol–water partition coefficient (Wildman–Crippen LogP) is 4.13. The molecular formula is C27H38F4N6O. The summed E-state index contributed by atoms with van der Waals surface area (Å²) < 4.78 is 58.9. The van der Waals surface area contributed by atoms with Crippen LogP contribution in [0.25, 0.3) is 5.52 Å². The summed E-state index contributed by atoms with van der Waals surface area (Å²) in [5, 5.41) is 0. The topological polar surface area (TPSA) is 56.9 Å². The lowest BCUT2D eigenvalue weighted by molar-refractivity contribution is -0.136. The molecule has 0 aromatic carbocycles. The van der Waals surface area contributed by atoms with Crippen molar-refractivity contribution in [1.82, 2.24) is 29.6 Å². The van der Waals surface area contributed by atoms with Crippen LogP contribution >= 0.6 is 0 Å². The van der Waals surface area contributed by atoms with Crippen molar-refractivity contribution in [2.45, 2.75) is 82.5 Å². The van der Waals surface area contributed by atoms with Gasteiger partial charge in [0.2, 0.25) is 0 Å². The highest BCUT2D eigenvalue weighted by atomic mass is 19.4. The number of rotatable bonds is 6. The van der Waals surface area contributed by atoms with Crippen LogP contribution in [0.4, 0.5) is 17.6 Å². The number of nitrogens with zero attached hydrogens (tertiary/aromatic N) is 4. The first-order chi connectivity index (χ1) is 18.2. The number of pyridine rings is 1. The highest BCUT2D eigenvalue weighted by molar-refractivity contribution is 5.56. The van der Waals surface area contributed by atoms with E-state index in [0.717, 1.165) is 38.4 Å². The third-order valence-corrected chi connectivity index (χ3v) is 9.51. The molecule has 11 heteroatoms. The molecule has 2 aliphatic heterocycles. The first kappa shape index (κ1) is 26.3. The van der Waals surface area contributed by atoms with Gasteiger partial charge in [-0.2, -0.15) is 13.2 Å². The molecule has 38 heavy (non-hydrogen) atoms. The highest BCUT2D eigenvalue weighted by Crippen LogP contribution is 2.47. The van der Waals surface area contributed by atoms with Gasteiger partial charge in [0, 0.05) is 38.1 Å². The van der Waals surface area contributed by atoms with Crippen LogP contribution in [0.1, 0.15) is 68.5 Å². The second-order valence-corrected chi connectivity index (χ2v) is 12.0. The summed E-state index contributed by atoms with van der Waals surface area (Å²) in [4.78, 5) is 17.7. The molecule has 3 unspecified atom stereocenters. The van der Waals surface area contributed by atoms with Crippen LogP contribution in [-0.4, -0.2) is 57.9 Å². The predicted molar refractivity (Wildman–Crippen MR) is 136 cm³/mol. The van der Waals surface area contributed by atoms with Gasteiger partial charge in [0.1, 0.15) is 6.17 Å². The third-order valence-electron chi connectivity index (χ3n) is 9.51. The molecule has 5 atom stereocenters. The fourth-order valence-electron chi connectivity index (χ4n) is 7.43. The smallest absolute Gasteiger partial charge is 0.296 e. The van der Waals surface area contributed by atoms with Gasteiger partial charge in [-0.25, -0.2) is 20.0 Å². The van der Waals surface area contributed by atoms with Gasteiger partial charge in [0.25, 0.3) is 0 Å².